The Kier molecular flexibility index (Phi) is 8.57. The number of carbonyl (C=O) groups is 1. The number of benzene rings is 2. The molecule has 1 aliphatic heterocycles. The highest BCUT2D eigenvalue weighted by atomic mass is 32.2. The quantitative estimate of drug-likeness (QED) is 0.348. The molecular formula is C24H28N2O5S2. The molecule has 1 amide bonds. The molecule has 0 N–H and O–H groups in total. The molecule has 0 spiro atoms. The van der Waals surface area contributed by atoms with Crippen LogP contribution in [0.4, 0.5) is 0 Å². The summed E-state index contributed by atoms with van der Waals surface area (Å²) in [6.45, 7) is 4.80. The predicted octanol–water partition coefficient (Wildman–Crippen LogP) is 4.95. The van der Waals surface area contributed by atoms with Gasteiger partial charge in [0.15, 0.2) is 16.7 Å². The maximum Gasteiger partial charge on any atom is 0.284 e. The Morgan fingerprint density at radius 3 is 2.48 bits per heavy atom. The molecule has 1 heterocycles. The van der Waals surface area contributed by atoms with Gasteiger partial charge in [-0.3, -0.25) is 9.69 Å². The van der Waals surface area contributed by atoms with E-state index >= 15 is 0 Å². The average Bonchev–Trinajstić information content (AvgIpc) is 3.10. The van der Waals surface area contributed by atoms with E-state index < -0.39 is 10.0 Å². The number of amides is 1. The lowest BCUT2D eigenvalue weighted by molar-refractivity contribution is -0.122. The van der Waals surface area contributed by atoms with E-state index in [4.69, 9.17) is 9.47 Å². The molecule has 1 aliphatic rings. The SMILES string of the molecule is CCCCCOc1cc(/C=C2\SC(=NS(=O)(=O)c3ccccc3)N(CC)C2=O)ccc1OC. The molecule has 33 heavy (non-hydrogen) atoms. The zero-order valence-corrected chi connectivity index (χ0v) is 20.6. The van der Waals surface area contributed by atoms with Crippen molar-refractivity contribution in [1.29, 1.82) is 0 Å². The van der Waals surface area contributed by atoms with E-state index in [2.05, 4.69) is 11.3 Å². The number of nitrogens with zero attached hydrogens (tertiary/aromatic N) is 2. The van der Waals surface area contributed by atoms with E-state index in [-0.39, 0.29) is 16.0 Å². The van der Waals surface area contributed by atoms with Gasteiger partial charge in [-0.15, -0.1) is 4.40 Å². The van der Waals surface area contributed by atoms with Crippen molar-refractivity contribution < 1.29 is 22.7 Å². The van der Waals surface area contributed by atoms with Crippen LogP contribution in [0.15, 0.2) is 62.7 Å². The minimum Gasteiger partial charge on any atom is -0.493 e. The number of likely N-dealkylation sites (N-methyl/N-ethyl adjacent to an activating group) is 1. The van der Waals surface area contributed by atoms with Crippen molar-refractivity contribution in [1.82, 2.24) is 4.90 Å². The minimum absolute atomic E-state index is 0.0825. The molecular weight excluding hydrogens is 460 g/mol. The van der Waals surface area contributed by atoms with Crippen molar-refractivity contribution in [2.45, 2.75) is 38.0 Å². The molecule has 0 radical (unpaired) electrons. The zero-order chi connectivity index (χ0) is 23.8. The molecule has 7 nitrogen and oxygen atoms in total. The fraction of sp³-hybridized carbons (Fsp3) is 0.333. The van der Waals surface area contributed by atoms with Gasteiger partial charge < -0.3 is 9.47 Å². The number of thioether (sulfide) groups is 1. The normalized spacial score (nSPS) is 16.6. The predicted molar refractivity (Wildman–Crippen MR) is 132 cm³/mol. The molecule has 1 saturated heterocycles. The van der Waals surface area contributed by atoms with E-state index in [1.165, 1.54) is 17.0 Å². The van der Waals surface area contributed by atoms with Crippen molar-refractivity contribution in [3.63, 3.8) is 0 Å². The van der Waals surface area contributed by atoms with Crippen LogP contribution in [0.1, 0.15) is 38.7 Å². The van der Waals surface area contributed by atoms with Gasteiger partial charge in [0.1, 0.15) is 0 Å². The third kappa shape index (κ3) is 6.17. The topological polar surface area (TPSA) is 85.3 Å². The molecule has 9 heteroatoms. The molecule has 0 aliphatic carbocycles. The molecule has 0 saturated carbocycles. The smallest absolute Gasteiger partial charge is 0.284 e. The maximum atomic E-state index is 12.9. The molecule has 0 bridgehead atoms. The number of unbranched alkanes of at least 4 members (excludes halogenated alkanes) is 2. The average molecular weight is 489 g/mol. The molecule has 0 aromatic heterocycles. The lowest BCUT2D eigenvalue weighted by Gasteiger charge is -2.12. The summed E-state index contributed by atoms with van der Waals surface area (Å²) in [6, 6.07) is 13.4. The molecule has 1 fully saturated rings. The van der Waals surface area contributed by atoms with Crippen LogP contribution in [0, 0.1) is 0 Å². The number of hydrogen-bond donors (Lipinski definition) is 0. The number of methoxy groups -OCH3 is 1. The van der Waals surface area contributed by atoms with E-state index in [0.717, 1.165) is 36.6 Å². The highest BCUT2D eigenvalue weighted by Crippen LogP contribution is 2.35. The van der Waals surface area contributed by atoms with Gasteiger partial charge in [-0.1, -0.05) is 44.0 Å². The van der Waals surface area contributed by atoms with Crippen molar-refractivity contribution in [3.05, 3.63) is 59.0 Å². The summed E-state index contributed by atoms with van der Waals surface area (Å²) in [5, 5.41) is 0.141. The summed E-state index contributed by atoms with van der Waals surface area (Å²) in [6.07, 6.45) is 4.84. The molecule has 3 rings (SSSR count). The Morgan fingerprint density at radius 1 is 1.06 bits per heavy atom. The van der Waals surface area contributed by atoms with Crippen molar-refractivity contribution in [2.24, 2.45) is 4.40 Å². The second-order valence-corrected chi connectivity index (χ2v) is 9.90. The van der Waals surface area contributed by atoms with Crippen LogP contribution < -0.4 is 9.47 Å². The minimum atomic E-state index is -3.93. The third-order valence-corrected chi connectivity index (χ3v) is 7.34. The first kappa shape index (κ1) is 24.9. The van der Waals surface area contributed by atoms with E-state index in [1.54, 1.807) is 44.4 Å². The van der Waals surface area contributed by atoms with E-state index in [9.17, 15) is 13.2 Å². The summed E-state index contributed by atoms with van der Waals surface area (Å²) in [4.78, 5) is 14.8. The van der Waals surface area contributed by atoms with Crippen LogP contribution in [0.2, 0.25) is 0 Å². The lowest BCUT2D eigenvalue weighted by Crippen LogP contribution is -2.29. The Morgan fingerprint density at radius 2 is 1.82 bits per heavy atom. The fourth-order valence-electron chi connectivity index (χ4n) is 3.18. The summed E-state index contributed by atoms with van der Waals surface area (Å²) in [7, 11) is -2.35. The number of rotatable bonds is 10. The van der Waals surface area contributed by atoms with Crippen molar-refractivity contribution >= 4 is 38.9 Å². The molecule has 2 aromatic rings. The van der Waals surface area contributed by atoms with Crippen LogP contribution in [0.25, 0.3) is 6.08 Å². The van der Waals surface area contributed by atoms with Gasteiger partial charge in [0.2, 0.25) is 0 Å². The van der Waals surface area contributed by atoms with Crippen LogP contribution in [-0.4, -0.2) is 44.7 Å². The van der Waals surface area contributed by atoms with Crippen molar-refractivity contribution in [3.8, 4) is 11.5 Å². The molecule has 0 unspecified atom stereocenters. The van der Waals surface area contributed by atoms with Crippen LogP contribution in [0.3, 0.4) is 0 Å². The number of carbonyl (C=O) groups excluding carboxylic acids is 1. The first-order valence-corrected chi connectivity index (χ1v) is 13.1. The summed E-state index contributed by atoms with van der Waals surface area (Å²) < 4.78 is 40.6. The number of sulfonamides is 1. The highest BCUT2D eigenvalue weighted by molar-refractivity contribution is 8.19. The Bertz CT molecular complexity index is 1140. The maximum absolute atomic E-state index is 12.9. The fourth-order valence-corrected chi connectivity index (χ4v) is 5.45. The number of hydrogen-bond acceptors (Lipinski definition) is 6. The Balaban J connectivity index is 1.88. The van der Waals surface area contributed by atoms with Crippen molar-refractivity contribution in [2.75, 3.05) is 20.3 Å². The first-order chi connectivity index (χ1) is 15.9. The van der Waals surface area contributed by atoms with Crippen LogP contribution in [0.5, 0.6) is 11.5 Å². The Labute approximate surface area is 199 Å². The highest BCUT2D eigenvalue weighted by Gasteiger charge is 2.34. The summed E-state index contributed by atoms with van der Waals surface area (Å²) >= 11 is 1.04. The molecule has 2 aromatic carbocycles. The Hall–Kier alpha value is -2.78. The van der Waals surface area contributed by atoms with Gasteiger partial charge in [-0.25, -0.2) is 0 Å². The van der Waals surface area contributed by atoms with Crippen LogP contribution in [-0.2, 0) is 14.8 Å². The zero-order valence-electron chi connectivity index (χ0n) is 19.0. The van der Waals surface area contributed by atoms with Gasteiger partial charge in [0, 0.05) is 6.54 Å². The van der Waals surface area contributed by atoms with Gasteiger partial charge >= 0.3 is 0 Å². The monoisotopic (exact) mass is 488 g/mol. The van der Waals surface area contributed by atoms with Gasteiger partial charge in [0.05, 0.1) is 23.5 Å². The first-order valence-electron chi connectivity index (χ1n) is 10.8. The largest absolute Gasteiger partial charge is 0.493 e. The third-order valence-electron chi connectivity index (χ3n) is 4.93. The van der Waals surface area contributed by atoms with Gasteiger partial charge in [0.25, 0.3) is 15.9 Å². The van der Waals surface area contributed by atoms with Crippen LogP contribution >= 0.6 is 11.8 Å². The second kappa shape index (κ2) is 11.4. The van der Waals surface area contributed by atoms with Gasteiger partial charge in [-0.2, -0.15) is 8.42 Å². The summed E-state index contributed by atoms with van der Waals surface area (Å²) in [5.41, 5.74) is 0.750. The molecule has 0 atom stereocenters. The number of amidine groups is 1. The summed E-state index contributed by atoms with van der Waals surface area (Å²) in [5.74, 6) is 0.933. The standard InChI is InChI=1S/C24H28N2O5S2/c1-4-6-10-15-31-21-16-18(13-14-20(21)30-3)17-22-23(27)26(5-2)24(32-22)25-33(28,29)19-11-8-7-9-12-19/h7-9,11-14,16-17H,4-6,10,15H2,1-3H3/b22-17-,25-24?. The molecule has 176 valence electrons. The van der Waals surface area contributed by atoms with Gasteiger partial charge in [-0.05, 0) is 61.0 Å². The van der Waals surface area contributed by atoms with E-state index in [0.29, 0.717) is 29.6 Å². The second-order valence-electron chi connectivity index (χ2n) is 7.29. The van der Waals surface area contributed by atoms with E-state index in [1.807, 2.05) is 12.1 Å². The lowest BCUT2D eigenvalue weighted by atomic mass is 10.2. The number of ether oxygens (including phenoxy) is 2.